The molecule has 1 fully saturated rings. The van der Waals surface area contributed by atoms with Crippen LogP contribution in [0.1, 0.15) is 26.7 Å². The van der Waals surface area contributed by atoms with Crippen LogP contribution in [-0.4, -0.2) is 68.3 Å². The summed E-state index contributed by atoms with van der Waals surface area (Å²) in [5.74, 6) is -0.203. The first-order valence-electron chi connectivity index (χ1n) is 11.6. The maximum absolute atomic E-state index is 12.7. The molecule has 0 unspecified atom stereocenters. The number of carbonyl (C=O) groups excluding carboxylic acids is 2. The van der Waals surface area contributed by atoms with Gasteiger partial charge in [-0.1, -0.05) is 38.1 Å². The van der Waals surface area contributed by atoms with Crippen LogP contribution < -0.4 is 16.0 Å². The predicted octanol–water partition coefficient (Wildman–Crippen LogP) is 2.94. The van der Waals surface area contributed by atoms with Crippen molar-refractivity contribution in [3.8, 4) is 0 Å². The van der Waals surface area contributed by atoms with Gasteiger partial charge in [0.25, 0.3) is 0 Å². The molecule has 3 rings (SSSR count). The summed E-state index contributed by atoms with van der Waals surface area (Å²) in [5, 5.41) is 8.60. The minimum atomic E-state index is -3.59. The lowest BCUT2D eigenvalue weighted by atomic mass is 10.1. The van der Waals surface area contributed by atoms with E-state index < -0.39 is 10.0 Å². The van der Waals surface area contributed by atoms with Crippen LogP contribution in [0.5, 0.6) is 0 Å². The molecule has 10 heteroatoms. The van der Waals surface area contributed by atoms with Crippen LogP contribution >= 0.6 is 0 Å². The van der Waals surface area contributed by atoms with Crippen LogP contribution in [0.3, 0.4) is 0 Å². The number of piperidine rings is 1. The third kappa shape index (κ3) is 7.02. The standard InChI is InChI=1S/C24H33N5O4S/c1-3-29(4-2)34(32,33)22-12-8-11-21(17-22)25-23(30)18-28-15-13-20(14-16-28)27-24(31)26-19-9-6-5-7-10-19/h5-12,17,20H,3-4,13-16,18H2,1-2H3,(H,25,30)(H2,26,27,31). The van der Waals surface area contributed by atoms with Gasteiger partial charge in [0.2, 0.25) is 15.9 Å². The molecule has 1 heterocycles. The Balaban J connectivity index is 1.46. The highest BCUT2D eigenvalue weighted by Gasteiger charge is 2.24. The fourth-order valence-electron chi connectivity index (χ4n) is 3.96. The molecule has 0 aromatic heterocycles. The van der Waals surface area contributed by atoms with Crippen molar-refractivity contribution >= 4 is 33.3 Å². The zero-order valence-electron chi connectivity index (χ0n) is 19.7. The van der Waals surface area contributed by atoms with Gasteiger partial charge >= 0.3 is 6.03 Å². The number of rotatable bonds is 9. The smallest absolute Gasteiger partial charge is 0.319 e. The number of sulfonamides is 1. The van der Waals surface area contributed by atoms with Gasteiger partial charge in [-0.05, 0) is 43.2 Å². The van der Waals surface area contributed by atoms with Gasteiger partial charge in [0.05, 0.1) is 11.4 Å². The van der Waals surface area contributed by atoms with Crippen LogP contribution in [-0.2, 0) is 14.8 Å². The molecule has 0 spiro atoms. The average Bonchev–Trinajstić information content (AvgIpc) is 2.82. The van der Waals surface area contributed by atoms with Crippen molar-refractivity contribution in [2.45, 2.75) is 37.6 Å². The summed E-state index contributed by atoms with van der Waals surface area (Å²) in [6.45, 7) is 5.92. The Morgan fingerprint density at radius 3 is 2.24 bits per heavy atom. The zero-order valence-corrected chi connectivity index (χ0v) is 20.5. The molecule has 1 aliphatic heterocycles. The Labute approximate surface area is 201 Å². The van der Waals surface area contributed by atoms with E-state index in [1.807, 2.05) is 35.2 Å². The summed E-state index contributed by atoms with van der Waals surface area (Å²) in [6, 6.07) is 15.4. The SMILES string of the molecule is CCN(CC)S(=O)(=O)c1cccc(NC(=O)CN2CCC(NC(=O)Nc3ccccc3)CC2)c1. The Hall–Kier alpha value is -2.95. The van der Waals surface area contributed by atoms with E-state index in [2.05, 4.69) is 16.0 Å². The summed E-state index contributed by atoms with van der Waals surface area (Å²) in [6.07, 6.45) is 1.49. The fourth-order valence-corrected chi connectivity index (χ4v) is 5.46. The molecule has 3 amide bonds. The van der Waals surface area contributed by atoms with E-state index >= 15 is 0 Å². The van der Waals surface area contributed by atoms with E-state index in [0.717, 1.165) is 18.5 Å². The molecule has 0 saturated carbocycles. The molecular formula is C24H33N5O4S. The first-order chi connectivity index (χ1) is 16.3. The summed E-state index contributed by atoms with van der Waals surface area (Å²) in [5.41, 5.74) is 1.19. The largest absolute Gasteiger partial charge is 0.335 e. The molecule has 0 radical (unpaired) electrons. The number of urea groups is 1. The lowest BCUT2D eigenvalue weighted by Gasteiger charge is -2.31. The van der Waals surface area contributed by atoms with E-state index in [1.54, 1.807) is 26.0 Å². The van der Waals surface area contributed by atoms with Gasteiger partial charge in [-0.3, -0.25) is 9.69 Å². The molecule has 0 atom stereocenters. The Kier molecular flexibility index (Phi) is 9.03. The lowest BCUT2D eigenvalue weighted by Crippen LogP contribution is -2.47. The number of likely N-dealkylation sites (tertiary alicyclic amines) is 1. The maximum atomic E-state index is 12.7. The van der Waals surface area contributed by atoms with Crippen molar-refractivity contribution in [1.82, 2.24) is 14.5 Å². The first kappa shape index (κ1) is 25.7. The zero-order chi connectivity index (χ0) is 24.6. The van der Waals surface area contributed by atoms with Gasteiger partial charge in [-0.15, -0.1) is 0 Å². The Morgan fingerprint density at radius 1 is 0.941 bits per heavy atom. The average molecular weight is 488 g/mol. The molecule has 0 bridgehead atoms. The number of carbonyl (C=O) groups is 2. The van der Waals surface area contributed by atoms with Crippen LogP contribution in [0.2, 0.25) is 0 Å². The molecule has 184 valence electrons. The molecule has 2 aromatic carbocycles. The number of hydrogen-bond donors (Lipinski definition) is 3. The number of nitrogens with zero attached hydrogens (tertiary/aromatic N) is 2. The highest BCUT2D eigenvalue weighted by molar-refractivity contribution is 7.89. The summed E-state index contributed by atoms with van der Waals surface area (Å²) in [4.78, 5) is 26.9. The minimum Gasteiger partial charge on any atom is -0.335 e. The highest BCUT2D eigenvalue weighted by Crippen LogP contribution is 2.20. The number of anilines is 2. The second-order valence-electron chi connectivity index (χ2n) is 8.18. The van der Waals surface area contributed by atoms with Crippen LogP contribution in [0.15, 0.2) is 59.5 Å². The molecule has 0 aliphatic carbocycles. The van der Waals surface area contributed by atoms with Gasteiger partial charge in [0.15, 0.2) is 0 Å². The Bertz CT molecular complexity index is 1070. The van der Waals surface area contributed by atoms with Gasteiger partial charge in [-0.25, -0.2) is 13.2 Å². The van der Waals surface area contributed by atoms with Crippen molar-refractivity contribution in [2.24, 2.45) is 0 Å². The number of para-hydroxylation sites is 1. The molecule has 34 heavy (non-hydrogen) atoms. The van der Waals surface area contributed by atoms with Crippen molar-refractivity contribution in [3.63, 3.8) is 0 Å². The number of hydrogen-bond acceptors (Lipinski definition) is 5. The van der Waals surface area contributed by atoms with Gasteiger partial charge in [-0.2, -0.15) is 4.31 Å². The maximum Gasteiger partial charge on any atom is 0.319 e. The number of nitrogens with one attached hydrogen (secondary N) is 3. The van der Waals surface area contributed by atoms with E-state index in [4.69, 9.17) is 0 Å². The van der Waals surface area contributed by atoms with Gasteiger partial charge < -0.3 is 16.0 Å². The second-order valence-corrected chi connectivity index (χ2v) is 10.1. The van der Waals surface area contributed by atoms with Crippen LogP contribution in [0.4, 0.5) is 16.2 Å². The monoisotopic (exact) mass is 487 g/mol. The minimum absolute atomic E-state index is 0.0463. The van der Waals surface area contributed by atoms with Crippen LogP contribution in [0.25, 0.3) is 0 Å². The summed E-state index contributed by atoms with van der Waals surface area (Å²) < 4.78 is 26.8. The second kappa shape index (κ2) is 12.0. The molecule has 1 saturated heterocycles. The lowest BCUT2D eigenvalue weighted by molar-refractivity contribution is -0.117. The van der Waals surface area contributed by atoms with E-state index in [9.17, 15) is 18.0 Å². The number of amides is 3. The number of benzene rings is 2. The van der Waals surface area contributed by atoms with Gasteiger partial charge in [0.1, 0.15) is 0 Å². The van der Waals surface area contributed by atoms with Crippen molar-refractivity contribution < 1.29 is 18.0 Å². The third-order valence-electron chi connectivity index (χ3n) is 5.78. The Morgan fingerprint density at radius 2 is 1.59 bits per heavy atom. The van der Waals surface area contributed by atoms with Crippen molar-refractivity contribution in [1.29, 1.82) is 0 Å². The van der Waals surface area contributed by atoms with Crippen LogP contribution in [0, 0.1) is 0 Å². The molecule has 2 aromatic rings. The van der Waals surface area contributed by atoms with Crippen molar-refractivity contribution in [2.75, 3.05) is 43.4 Å². The predicted molar refractivity (Wildman–Crippen MR) is 133 cm³/mol. The molecular weight excluding hydrogens is 454 g/mol. The molecule has 1 aliphatic rings. The van der Waals surface area contributed by atoms with E-state index in [0.29, 0.717) is 31.9 Å². The topological polar surface area (TPSA) is 111 Å². The normalized spacial score (nSPS) is 15.1. The van der Waals surface area contributed by atoms with E-state index in [-0.39, 0.29) is 29.4 Å². The summed E-state index contributed by atoms with van der Waals surface area (Å²) >= 11 is 0. The van der Waals surface area contributed by atoms with Crippen molar-refractivity contribution in [3.05, 3.63) is 54.6 Å². The molecule has 9 nitrogen and oxygen atoms in total. The van der Waals surface area contributed by atoms with Gasteiger partial charge in [0, 0.05) is 43.6 Å². The van der Waals surface area contributed by atoms with E-state index in [1.165, 1.54) is 16.4 Å². The summed E-state index contributed by atoms with van der Waals surface area (Å²) in [7, 11) is -3.59. The first-order valence-corrected chi connectivity index (χ1v) is 13.0. The highest BCUT2D eigenvalue weighted by atomic mass is 32.2. The molecule has 3 N–H and O–H groups in total. The third-order valence-corrected chi connectivity index (χ3v) is 7.83. The quantitative estimate of drug-likeness (QED) is 0.504. The fraction of sp³-hybridized carbons (Fsp3) is 0.417.